The number of hydrogen-bond acceptors (Lipinski definition) is 4. The van der Waals surface area contributed by atoms with Gasteiger partial charge in [0.05, 0.1) is 9.79 Å². The first-order valence-corrected chi connectivity index (χ1v) is 7.16. The van der Waals surface area contributed by atoms with Crippen molar-refractivity contribution in [3.63, 3.8) is 0 Å². The lowest BCUT2D eigenvalue weighted by Gasteiger charge is -2.13. The van der Waals surface area contributed by atoms with Gasteiger partial charge in [0, 0.05) is 17.2 Å². The standard InChI is InChI=1S/C14H14O4S/c1-9-12(15)8-13(16)10(2)14(9)19(17,18)11-6-4-3-5-7-11/h3-8,15-16H,1-2H3. The van der Waals surface area contributed by atoms with Crippen molar-refractivity contribution in [1.82, 2.24) is 0 Å². The predicted octanol–water partition coefficient (Wildman–Crippen LogP) is 2.55. The third-order valence-electron chi connectivity index (χ3n) is 3.05. The van der Waals surface area contributed by atoms with E-state index in [-0.39, 0.29) is 32.4 Å². The summed E-state index contributed by atoms with van der Waals surface area (Å²) in [4.78, 5) is 0.0856. The summed E-state index contributed by atoms with van der Waals surface area (Å²) in [6.07, 6.45) is 0. The molecular formula is C14H14O4S. The van der Waals surface area contributed by atoms with E-state index in [1.807, 2.05) is 0 Å². The van der Waals surface area contributed by atoms with Crippen LogP contribution in [0.2, 0.25) is 0 Å². The summed E-state index contributed by atoms with van der Waals surface area (Å²) in [5.74, 6) is -0.477. The van der Waals surface area contributed by atoms with E-state index < -0.39 is 9.84 Å². The topological polar surface area (TPSA) is 74.6 Å². The zero-order valence-corrected chi connectivity index (χ0v) is 11.4. The first kappa shape index (κ1) is 13.4. The second-order valence-electron chi connectivity index (χ2n) is 4.31. The maximum Gasteiger partial charge on any atom is 0.207 e. The average molecular weight is 278 g/mol. The zero-order chi connectivity index (χ0) is 14.2. The fourth-order valence-corrected chi connectivity index (χ4v) is 3.75. The third kappa shape index (κ3) is 2.17. The number of phenolic OH excluding ortho intramolecular Hbond substituents is 2. The van der Waals surface area contributed by atoms with Gasteiger partial charge in [0.1, 0.15) is 11.5 Å². The van der Waals surface area contributed by atoms with Crippen molar-refractivity contribution in [3.8, 4) is 11.5 Å². The molecule has 0 saturated heterocycles. The van der Waals surface area contributed by atoms with Gasteiger partial charge in [0.15, 0.2) is 0 Å². The Balaban J connectivity index is 2.80. The molecule has 0 saturated carbocycles. The minimum atomic E-state index is -3.77. The van der Waals surface area contributed by atoms with E-state index in [0.717, 1.165) is 6.07 Å². The van der Waals surface area contributed by atoms with E-state index in [0.29, 0.717) is 0 Å². The molecule has 2 rings (SSSR count). The average Bonchev–Trinajstić information content (AvgIpc) is 2.37. The van der Waals surface area contributed by atoms with E-state index in [1.165, 1.54) is 26.0 Å². The van der Waals surface area contributed by atoms with Gasteiger partial charge in [-0.25, -0.2) is 8.42 Å². The zero-order valence-electron chi connectivity index (χ0n) is 10.6. The molecular weight excluding hydrogens is 264 g/mol. The van der Waals surface area contributed by atoms with Gasteiger partial charge < -0.3 is 10.2 Å². The van der Waals surface area contributed by atoms with Gasteiger partial charge in [0.25, 0.3) is 0 Å². The fourth-order valence-electron chi connectivity index (χ4n) is 1.98. The minimum Gasteiger partial charge on any atom is -0.507 e. The molecule has 100 valence electrons. The van der Waals surface area contributed by atoms with E-state index in [4.69, 9.17) is 0 Å². The maximum absolute atomic E-state index is 12.6. The van der Waals surface area contributed by atoms with Gasteiger partial charge in [-0.2, -0.15) is 0 Å². The number of sulfone groups is 1. The van der Waals surface area contributed by atoms with Crippen molar-refractivity contribution in [2.24, 2.45) is 0 Å². The van der Waals surface area contributed by atoms with Gasteiger partial charge in [0.2, 0.25) is 9.84 Å². The lowest BCUT2D eigenvalue weighted by Crippen LogP contribution is -2.06. The van der Waals surface area contributed by atoms with Crippen molar-refractivity contribution in [2.45, 2.75) is 23.6 Å². The van der Waals surface area contributed by atoms with Crippen LogP contribution in [0.3, 0.4) is 0 Å². The number of rotatable bonds is 2. The molecule has 19 heavy (non-hydrogen) atoms. The highest BCUT2D eigenvalue weighted by atomic mass is 32.2. The summed E-state index contributed by atoms with van der Waals surface area (Å²) in [5, 5.41) is 19.4. The molecule has 0 atom stereocenters. The van der Waals surface area contributed by atoms with Crippen LogP contribution in [-0.4, -0.2) is 18.6 Å². The molecule has 0 fully saturated rings. The van der Waals surface area contributed by atoms with Crippen LogP contribution in [0.4, 0.5) is 0 Å². The highest BCUT2D eigenvalue weighted by molar-refractivity contribution is 7.91. The lowest BCUT2D eigenvalue weighted by molar-refractivity contribution is 0.440. The molecule has 0 aliphatic heterocycles. The van der Waals surface area contributed by atoms with Crippen LogP contribution in [0.5, 0.6) is 11.5 Å². The Morgan fingerprint density at radius 1 is 0.895 bits per heavy atom. The highest BCUT2D eigenvalue weighted by Crippen LogP contribution is 2.36. The van der Waals surface area contributed by atoms with Crippen LogP contribution in [0.25, 0.3) is 0 Å². The third-order valence-corrected chi connectivity index (χ3v) is 5.09. The Hall–Kier alpha value is -2.01. The number of hydrogen-bond donors (Lipinski definition) is 2. The molecule has 0 aliphatic rings. The van der Waals surface area contributed by atoms with Gasteiger partial charge >= 0.3 is 0 Å². The van der Waals surface area contributed by atoms with E-state index in [1.54, 1.807) is 18.2 Å². The van der Waals surface area contributed by atoms with Crippen molar-refractivity contribution < 1.29 is 18.6 Å². The van der Waals surface area contributed by atoms with Gasteiger partial charge in [-0.3, -0.25) is 0 Å². The second-order valence-corrected chi connectivity index (χ2v) is 6.20. The molecule has 0 radical (unpaired) electrons. The number of aromatic hydroxyl groups is 2. The second kappa shape index (κ2) is 4.59. The fraction of sp³-hybridized carbons (Fsp3) is 0.143. The summed E-state index contributed by atoms with van der Waals surface area (Å²) in [5.41, 5.74) is 0.471. The Bertz CT molecular complexity index is 693. The maximum atomic E-state index is 12.6. The highest BCUT2D eigenvalue weighted by Gasteiger charge is 2.25. The van der Waals surface area contributed by atoms with Crippen molar-refractivity contribution in [3.05, 3.63) is 47.5 Å². The van der Waals surface area contributed by atoms with Crippen LogP contribution < -0.4 is 0 Å². The van der Waals surface area contributed by atoms with E-state index in [2.05, 4.69) is 0 Å². The Morgan fingerprint density at radius 2 is 1.37 bits per heavy atom. The van der Waals surface area contributed by atoms with Gasteiger partial charge in [-0.05, 0) is 26.0 Å². The van der Waals surface area contributed by atoms with Crippen LogP contribution in [0, 0.1) is 13.8 Å². The van der Waals surface area contributed by atoms with Gasteiger partial charge in [-0.15, -0.1) is 0 Å². The molecule has 2 N–H and O–H groups in total. The molecule has 5 heteroatoms. The summed E-state index contributed by atoms with van der Waals surface area (Å²) >= 11 is 0. The van der Waals surface area contributed by atoms with E-state index >= 15 is 0 Å². The lowest BCUT2D eigenvalue weighted by atomic mass is 10.1. The molecule has 0 spiro atoms. The Morgan fingerprint density at radius 3 is 1.84 bits per heavy atom. The molecule has 0 bridgehead atoms. The first-order chi connectivity index (χ1) is 8.85. The molecule has 0 aromatic heterocycles. The van der Waals surface area contributed by atoms with Crippen LogP contribution in [-0.2, 0) is 9.84 Å². The Labute approximate surface area is 111 Å². The predicted molar refractivity (Wildman–Crippen MR) is 71.1 cm³/mol. The minimum absolute atomic E-state index is 0.0452. The summed E-state index contributed by atoms with van der Waals surface area (Å²) in [7, 11) is -3.77. The largest absolute Gasteiger partial charge is 0.507 e. The van der Waals surface area contributed by atoms with Crippen molar-refractivity contribution in [1.29, 1.82) is 0 Å². The van der Waals surface area contributed by atoms with Crippen LogP contribution in [0.1, 0.15) is 11.1 Å². The number of benzene rings is 2. The molecule has 2 aromatic rings. The summed E-state index contributed by atoms with van der Waals surface area (Å²) in [6, 6.07) is 9.08. The Kier molecular flexibility index (Phi) is 3.24. The van der Waals surface area contributed by atoms with Crippen LogP contribution >= 0.6 is 0 Å². The molecule has 4 nitrogen and oxygen atoms in total. The smallest absolute Gasteiger partial charge is 0.207 e. The molecule has 0 heterocycles. The summed E-state index contributed by atoms with van der Waals surface area (Å²) < 4.78 is 25.1. The molecule has 0 unspecified atom stereocenters. The molecule has 0 aliphatic carbocycles. The van der Waals surface area contributed by atoms with Crippen molar-refractivity contribution in [2.75, 3.05) is 0 Å². The number of phenols is 2. The normalized spacial score (nSPS) is 11.5. The van der Waals surface area contributed by atoms with Crippen molar-refractivity contribution >= 4 is 9.84 Å². The monoisotopic (exact) mass is 278 g/mol. The quantitative estimate of drug-likeness (QED) is 0.885. The SMILES string of the molecule is Cc1c(O)cc(O)c(C)c1S(=O)(=O)c1ccccc1. The molecule has 0 amide bonds. The molecule has 2 aromatic carbocycles. The van der Waals surface area contributed by atoms with Crippen LogP contribution in [0.15, 0.2) is 46.2 Å². The summed E-state index contributed by atoms with van der Waals surface area (Å²) in [6.45, 7) is 3.02. The first-order valence-electron chi connectivity index (χ1n) is 5.68. The van der Waals surface area contributed by atoms with Gasteiger partial charge in [-0.1, -0.05) is 18.2 Å². The van der Waals surface area contributed by atoms with E-state index in [9.17, 15) is 18.6 Å².